The van der Waals surface area contributed by atoms with Crippen LogP contribution in [0.4, 0.5) is 18.3 Å². The molecule has 0 aliphatic rings. The van der Waals surface area contributed by atoms with E-state index in [1.54, 1.807) is 29.3 Å². The first-order valence-electron chi connectivity index (χ1n) is 7.55. The number of amides is 1. The van der Waals surface area contributed by atoms with Gasteiger partial charge in [-0.15, -0.1) is 11.3 Å². The quantitative estimate of drug-likeness (QED) is 0.621. The van der Waals surface area contributed by atoms with E-state index in [0.717, 1.165) is 23.4 Å². The minimum Gasteiger partial charge on any atom is -0.298 e. The molecule has 1 aromatic heterocycles. The fourth-order valence-corrected chi connectivity index (χ4v) is 3.86. The second kappa shape index (κ2) is 8.37. The van der Waals surface area contributed by atoms with Gasteiger partial charge >= 0.3 is 0 Å². The average molecular weight is 394 g/mol. The van der Waals surface area contributed by atoms with Crippen LogP contribution in [0.2, 0.25) is 0 Å². The van der Waals surface area contributed by atoms with Crippen molar-refractivity contribution in [2.75, 3.05) is 5.32 Å². The van der Waals surface area contributed by atoms with Crippen molar-refractivity contribution in [2.24, 2.45) is 0 Å². The van der Waals surface area contributed by atoms with Crippen molar-refractivity contribution in [3.63, 3.8) is 0 Å². The first-order valence-corrected chi connectivity index (χ1v) is 9.58. The normalized spacial score (nSPS) is 10.7. The number of rotatable bonds is 6. The summed E-state index contributed by atoms with van der Waals surface area (Å²) in [6.07, 6.45) is 0. The van der Waals surface area contributed by atoms with Crippen LogP contribution in [0.25, 0.3) is 0 Å². The highest BCUT2D eigenvalue weighted by molar-refractivity contribution is 7.97. The molecule has 0 bridgehead atoms. The third-order valence-electron chi connectivity index (χ3n) is 3.39. The van der Waals surface area contributed by atoms with Gasteiger partial charge in [0.1, 0.15) is 23.0 Å². The molecule has 26 heavy (non-hydrogen) atoms. The number of carbonyl (C=O) groups is 1. The number of thioether (sulfide) groups is 1. The van der Waals surface area contributed by atoms with Gasteiger partial charge in [-0.1, -0.05) is 18.2 Å². The predicted octanol–water partition coefficient (Wildman–Crippen LogP) is 5.25. The van der Waals surface area contributed by atoms with Gasteiger partial charge in [0.05, 0.1) is 5.69 Å². The summed E-state index contributed by atoms with van der Waals surface area (Å²) in [5.74, 6) is -1.70. The minimum absolute atomic E-state index is 0.273. The molecule has 0 spiro atoms. The third-order valence-corrected chi connectivity index (χ3v) is 5.24. The Kier molecular flexibility index (Phi) is 5.95. The van der Waals surface area contributed by atoms with E-state index in [0.29, 0.717) is 11.5 Å². The Morgan fingerprint density at radius 2 is 1.73 bits per heavy atom. The van der Waals surface area contributed by atoms with Crippen molar-refractivity contribution in [2.45, 2.75) is 11.5 Å². The van der Waals surface area contributed by atoms with Crippen molar-refractivity contribution < 1.29 is 18.0 Å². The molecule has 8 heteroatoms. The van der Waals surface area contributed by atoms with Crippen LogP contribution in [0.3, 0.4) is 0 Å². The lowest BCUT2D eigenvalue weighted by atomic mass is 10.2. The van der Waals surface area contributed by atoms with Crippen LogP contribution < -0.4 is 5.32 Å². The number of hydrogen-bond donors (Lipinski definition) is 1. The molecule has 3 nitrogen and oxygen atoms in total. The Bertz CT molecular complexity index is 893. The number of nitrogens with zero attached hydrogens (tertiary/aromatic N) is 1. The number of carbonyl (C=O) groups excluding carboxylic acids is 1. The summed E-state index contributed by atoms with van der Waals surface area (Å²) in [6, 6.07) is 9.51. The molecule has 3 rings (SSSR count). The van der Waals surface area contributed by atoms with Crippen molar-refractivity contribution in [3.05, 3.63) is 82.1 Å². The molecule has 0 atom stereocenters. The smallest absolute Gasteiger partial charge is 0.263 e. The van der Waals surface area contributed by atoms with Crippen LogP contribution in [0.15, 0.2) is 47.8 Å². The summed E-state index contributed by atoms with van der Waals surface area (Å²) >= 11 is 2.77. The monoisotopic (exact) mass is 394 g/mol. The van der Waals surface area contributed by atoms with E-state index >= 15 is 0 Å². The number of hydrogen-bond acceptors (Lipinski definition) is 4. The van der Waals surface area contributed by atoms with Crippen LogP contribution in [-0.2, 0) is 11.5 Å². The molecule has 1 amide bonds. The maximum Gasteiger partial charge on any atom is 0.263 e. The fourth-order valence-electron chi connectivity index (χ4n) is 2.16. The summed E-state index contributed by atoms with van der Waals surface area (Å²) in [5.41, 5.74) is 1.11. The number of anilines is 1. The fraction of sp³-hybridized carbons (Fsp3) is 0.111. The van der Waals surface area contributed by atoms with Crippen LogP contribution in [0, 0.1) is 17.5 Å². The number of thiazole rings is 1. The van der Waals surface area contributed by atoms with E-state index in [1.807, 2.05) is 0 Å². The van der Waals surface area contributed by atoms with Gasteiger partial charge in [0.25, 0.3) is 5.91 Å². The highest BCUT2D eigenvalue weighted by atomic mass is 32.2. The van der Waals surface area contributed by atoms with Gasteiger partial charge < -0.3 is 0 Å². The molecule has 0 aliphatic carbocycles. The molecular weight excluding hydrogens is 381 g/mol. The molecule has 1 heterocycles. The first-order chi connectivity index (χ1) is 12.5. The van der Waals surface area contributed by atoms with Gasteiger partial charge in [-0.25, -0.2) is 18.2 Å². The zero-order valence-corrected chi connectivity index (χ0v) is 15.0. The Balaban J connectivity index is 1.56. The molecule has 0 saturated heterocycles. The van der Waals surface area contributed by atoms with E-state index in [4.69, 9.17) is 0 Å². The van der Waals surface area contributed by atoms with Crippen LogP contribution >= 0.6 is 23.1 Å². The van der Waals surface area contributed by atoms with Gasteiger partial charge in [-0.2, -0.15) is 11.8 Å². The summed E-state index contributed by atoms with van der Waals surface area (Å²) in [5, 5.41) is 4.45. The lowest BCUT2D eigenvalue weighted by molar-refractivity contribution is 0.101. The van der Waals surface area contributed by atoms with Crippen molar-refractivity contribution >= 4 is 34.1 Å². The summed E-state index contributed by atoms with van der Waals surface area (Å²) in [7, 11) is 0. The number of aromatic nitrogens is 1. The SMILES string of the molecule is O=C(Nc1nc(CSCc2ccc(F)cc2)cs1)c1c(F)cccc1F. The van der Waals surface area contributed by atoms with Crippen LogP contribution in [-0.4, -0.2) is 10.9 Å². The van der Waals surface area contributed by atoms with Gasteiger partial charge in [-0.3, -0.25) is 10.1 Å². The summed E-state index contributed by atoms with van der Waals surface area (Å²) < 4.78 is 40.1. The Labute approximate surface area is 156 Å². The van der Waals surface area contributed by atoms with E-state index in [1.165, 1.54) is 29.5 Å². The standard InChI is InChI=1S/C18H13F3N2OS2/c19-12-6-4-11(5-7-12)8-25-9-13-10-26-18(22-13)23-17(24)16-14(20)2-1-3-15(16)21/h1-7,10H,8-9H2,(H,22,23,24). The highest BCUT2D eigenvalue weighted by Crippen LogP contribution is 2.23. The zero-order valence-electron chi connectivity index (χ0n) is 13.3. The number of halogens is 3. The third kappa shape index (κ3) is 4.64. The lowest BCUT2D eigenvalue weighted by Crippen LogP contribution is -2.15. The predicted molar refractivity (Wildman–Crippen MR) is 97.8 cm³/mol. The van der Waals surface area contributed by atoms with Gasteiger partial charge in [-0.05, 0) is 29.8 Å². The van der Waals surface area contributed by atoms with Gasteiger partial charge in [0.15, 0.2) is 5.13 Å². The molecule has 0 fully saturated rings. The van der Waals surface area contributed by atoms with Crippen molar-refractivity contribution in [1.29, 1.82) is 0 Å². The zero-order chi connectivity index (χ0) is 18.5. The molecule has 3 aromatic rings. The minimum atomic E-state index is -0.922. The van der Waals surface area contributed by atoms with E-state index in [-0.39, 0.29) is 10.9 Å². The molecular formula is C18H13F3N2OS2. The topological polar surface area (TPSA) is 42.0 Å². The molecule has 0 radical (unpaired) electrons. The first kappa shape index (κ1) is 18.5. The molecule has 134 valence electrons. The highest BCUT2D eigenvalue weighted by Gasteiger charge is 2.18. The van der Waals surface area contributed by atoms with Crippen LogP contribution in [0.5, 0.6) is 0 Å². The molecule has 0 aliphatic heterocycles. The summed E-state index contributed by atoms with van der Waals surface area (Å²) in [4.78, 5) is 16.3. The largest absolute Gasteiger partial charge is 0.298 e. The molecule has 0 saturated carbocycles. The number of nitrogens with one attached hydrogen (secondary N) is 1. The van der Waals surface area contributed by atoms with Crippen LogP contribution in [0.1, 0.15) is 21.6 Å². The Hall–Kier alpha value is -2.32. The second-order valence-corrected chi connectivity index (χ2v) is 7.16. The second-order valence-electron chi connectivity index (χ2n) is 5.31. The molecule has 1 N–H and O–H groups in total. The van der Waals surface area contributed by atoms with E-state index in [2.05, 4.69) is 10.3 Å². The lowest BCUT2D eigenvalue weighted by Gasteiger charge is -2.04. The molecule has 2 aromatic carbocycles. The molecule has 0 unspecified atom stereocenters. The van der Waals surface area contributed by atoms with Crippen molar-refractivity contribution in [3.8, 4) is 0 Å². The van der Waals surface area contributed by atoms with E-state index in [9.17, 15) is 18.0 Å². The summed E-state index contributed by atoms with van der Waals surface area (Å²) in [6.45, 7) is 0. The Morgan fingerprint density at radius 3 is 2.42 bits per heavy atom. The number of benzene rings is 2. The maximum atomic E-state index is 13.6. The van der Waals surface area contributed by atoms with E-state index < -0.39 is 23.1 Å². The van der Waals surface area contributed by atoms with Gasteiger partial charge in [0.2, 0.25) is 0 Å². The maximum absolute atomic E-state index is 13.6. The van der Waals surface area contributed by atoms with Crippen molar-refractivity contribution in [1.82, 2.24) is 4.98 Å². The van der Waals surface area contributed by atoms with Gasteiger partial charge in [0, 0.05) is 16.9 Å². The Morgan fingerprint density at radius 1 is 1.04 bits per heavy atom. The average Bonchev–Trinajstić information content (AvgIpc) is 3.04.